The van der Waals surface area contributed by atoms with Crippen molar-refractivity contribution >= 4 is 17.2 Å². The molecule has 2 aromatic heterocycles. The molecule has 2 heterocycles. The van der Waals surface area contributed by atoms with Crippen LogP contribution in [0.25, 0.3) is 10.7 Å². The van der Waals surface area contributed by atoms with Crippen molar-refractivity contribution in [3.05, 3.63) is 23.4 Å². The van der Waals surface area contributed by atoms with Gasteiger partial charge < -0.3 is 9.84 Å². The van der Waals surface area contributed by atoms with Crippen molar-refractivity contribution in [3.63, 3.8) is 0 Å². The van der Waals surface area contributed by atoms with Crippen LogP contribution in [0, 0.1) is 12.3 Å². The SMILES string of the molecule is C#CCNC(=O)CCc1nc(-c2cccs2)no1. The molecular weight excluding hydrogens is 250 g/mol. The van der Waals surface area contributed by atoms with Crippen LogP contribution in [-0.2, 0) is 11.2 Å². The van der Waals surface area contributed by atoms with Crippen molar-refractivity contribution in [1.82, 2.24) is 15.5 Å². The quantitative estimate of drug-likeness (QED) is 0.828. The molecule has 2 rings (SSSR count). The largest absolute Gasteiger partial charge is 0.345 e. The summed E-state index contributed by atoms with van der Waals surface area (Å²) in [5, 5.41) is 8.38. The molecule has 0 fully saturated rings. The summed E-state index contributed by atoms with van der Waals surface area (Å²) in [5.41, 5.74) is 0. The summed E-state index contributed by atoms with van der Waals surface area (Å²) < 4.78 is 5.07. The first-order valence-corrected chi connectivity index (χ1v) is 6.24. The second-order valence-electron chi connectivity index (χ2n) is 3.47. The minimum Gasteiger partial charge on any atom is -0.345 e. The van der Waals surface area contributed by atoms with Crippen LogP contribution >= 0.6 is 11.3 Å². The number of hydrogen-bond acceptors (Lipinski definition) is 5. The minimum atomic E-state index is -0.121. The molecule has 5 nitrogen and oxygen atoms in total. The predicted octanol–water partition coefficient (Wildman–Crippen LogP) is 1.48. The molecule has 1 N–H and O–H groups in total. The Kier molecular flexibility index (Phi) is 4.10. The number of nitrogens with one attached hydrogen (secondary N) is 1. The van der Waals surface area contributed by atoms with Crippen LogP contribution in [0.1, 0.15) is 12.3 Å². The Hall–Kier alpha value is -2.13. The fourth-order valence-electron chi connectivity index (χ4n) is 1.32. The van der Waals surface area contributed by atoms with Gasteiger partial charge in [0.2, 0.25) is 17.6 Å². The molecule has 0 aliphatic carbocycles. The molecule has 0 saturated heterocycles. The lowest BCUT2D eigenvalue weighted by Crippen LogP contribution is -2.23. The van der Waals surface area contributed by atoms with Gasteiger partial charge in [-0.05, 0) is 11.4 Å². The first-order chi connectivity index (χ1) is 8.79. The van der Waals surface area contributed by atoms with Gasteiger partial charge in [-0.3, -0.25) is 4.79 Å². The standard InChI is InChI=1S/C12H11N3O2S/c1-2-7-13-10(16)5-6-11-14-12(15-17-11)9-4-3-8-18-9/h1,3-4,8H,5-7H2,(H,13,16). The monoisotopic (exact) mass is 261 g/mol. The number of amides is 1. The van der Waals surface area contributed by atoms with Crippen LogP contribution < -0.4 is 5.32 Å². The third-order valence-corrected chi connectivity index (χ3v) is 3.03. The number of thiophene rings is 1. The summed E-state index contributed by atoms with van der Waals surface area (Å²) in [6.45, 7) is 0.239. The van der Waals surface area contributed by atoms with Crippen molar-refractivity contribution < 1.29 is 9.32 Å². The third kappa shape index (κ3) is 3.18. The highest BCUT2D eigenvalue weighted by molar-refractivity contribution is 7.13. The summed E-state index contributed by atoms with van der Waals surface area (Å²) in [6.07, 6.45) is 5.73. The van der Waals surface area contributed by atoms with Crippen LogP contribution in [0.5, 0.6) is 0 Å². The van der Waals surface area contributed by atoms with E-state index in [-0.39, 0.29) is 18.9 Å². The van der Waals surface area contributed by atoms with Gasteiger partial charge in [-0.2, -0.15) is 4.98 Å². The molecule has 0 radical (unpaired) electrons. The van der Waals surface area contributed by atoms with E-state index in [0.717, 1.165) is 4.88 Å². The van der Waals surface area contributed by atoms with Crippen molar-refractivity contribution in [2.75, 3.05) is 6.54 Å². The smallest absolute Gasteiger partial charge is 0.227 e. The van der Waals surface area contributed by atoms with E-state index in [1.165, 1.54) is 11.3 Å². The van der Waals surface area contributed by atoms with E-state index in [0.29, 0.717) is 18.1 Å². The number of carbonyl (C=O) groups is 1. The molecule has 0 bridgehead atoms. The number of aryl methyl sites for hydroxylation is 1. The summed E-state index contributed by atoms with van der Waals surface area (Å²) in [5.74, 6) is 3.23. The molecular formula is C12H11N3O2S. The number of terminal acetylenes is 1. The van der Waals surface area contributed by atoms with Crippen molar-refractivity contribution in [2.24, 2.45) is 0 Å². The first kappa shape index (κ1) is 12.3. The van der Waals surface area contributed by atoms with Crippen LogP contribution in [0.3, 0.4) is 0 Å². The lowest BCUT2D eigenvalue weighted by Gasteiger charge is -1.97. The molecule has 0 unspecified atom stereocenters. The normalized spacial score (nSPS) is 9.94. The second-order valence-corrected chi connectivity index (χ2v) is 4.42. The summed E-state index contributed by atoms with van der Waals surface area (Å²) in [6, 6.07) is 3.84. The third-order valence-electron chi connectivity index (χ3n) is 2.16. The Balaban J connectivity index is 1.88. The van der Waals surface area contributed by atoms with Gasteiger partial charge in [0.1, 0.15) is 0 Å². The van der Waals surface area contributed by atoms with E-state index in [1.54, 1.807) is 0 Å². The van der Waals surface area contributed by atoms with Gasteiger partial charge in [-0.1, -0.05) is 17.1 Å². The molecule has 0 aliphatic heterocycles. The Morgan fingerprint density at radius 1 is 1.61 bits per heavy atom. The number of rotatable bonds is 5. The maximum Gasteiger partial charge on any atom is 0.227 e. The van der Waals surface area contributed by atoms with Crippen LogP contribution in [0.4, 0.5) is 0 Å². The highest BCUT2D eigenvalue weighted by atomic mass is 32.1. The molecule has 0 atom stereocenters. The fraction of sp³-hybridized carbons (Fsp3) is 0.250. The lowest BCUT2D eigenvalue weighted by molar-refractivity contribution is -0.120. The lowest BCUT2D eigenvalue weighted by atomic mass is 10.3. The van der Waals surface area contributed by atoms with E-state index >= 15 is 0 Å². The topological polar surface area (TPSA) is 68.0 Å². The van der Waals surface area contributed by atoms with E-state index in [2.05, 4.69) is 21.4 Å². The summed E-state index contributed by atoms with van der Waals surface area (Å²) in [7, 11) is 0. The molecule has 0 aromatic carbocycles. The average Bonchev–Trinajstić information content (AvgIpc) is 3.03. The van der Waals surface area contributed by atoms with Gasteiger partial charge in [-0.25, -0.2) is 0 Å². The van der Waals surface area contributed by atoms with Crippen LogP contribution in [-0.4, -0.2) is 22.6 Å². The zero-order valence-corrected chi connectivity index (χ0v) is 10.4. The molecule has 6 heteroatoms. The van der Waals surface area contributed by atoms with Gasteiger partial charge in [0.25, 0.3) is 0 Å². The Morgan fingerprint density at radius 3 is 3.22 bits per heavy atom. The molecule has 1 amide bonds. The molecule has 0 aliphatic rings. The van der Waals surface area contributed by atoms with Crippen molar-refractivity contribution in [1.29, 1.82) is 0 Å². The van der Waals surface area contributed by atoms with Gasteiger partial charge >= 0.3 is 0 Å². The Bertz CT molecular complexity index is 554. The Labute approximate surface area is 108 Å². The number of nitrogens with zero attached hydrogens (tertiary/aromatic N) is 2. The minimum absolute atomic E-state index is 0.121. The molecule has 18 heavy (non-hydrogen) atoms. The highest BCUT2D eigenvalue weighted by Crippen LogP contribution is 2.21. The Morgan fingerprint density at radius 2 is 2.50 bits per heavy atom. The second kappa shape index (κ2) is 5.98. The van der Waals surface area contributed by atoms with Gasteiger partial charge in [0.15, 0.2) is 0 Å². The summed E-state index contributed by atoms with van der Waals surface area (Å²) >= 11 is 1.54. The molecule has 0 saturated carbocycles. The predicted molar refractivity (Wildman–Crippen MR) is 67.8 cm³/mol. The zero-order valence-electron chi connectivity index (χ0n) is 9.55. The molecule has 0 spiro atoms. The van der Waals surface area contributed by atoms with Crippen molar-refractivity contribution in [3.8, 4) is 23.0 Å². The summed E-state index contributed by atoms with van der Waals surface area (Å²) in [4.78, 5) is 16.5. The van der Waals surface area contributed by atoms with Crippen LogP contribution in [0.15, 0.2) is 22.0 Å². The van der Waals surface area contributed by atoms with Gasteiger partial charge in [0, 0.05) is 12.8 Å². The molecule has 92 valence electrons. The van der Waals surface area contributed by atoms with E-state index in [9.17, 15) is 4.79 Å². The van der Waals surface area contributed by atoms with Crippen molar-refractivity contribution in [2.45, 2.75) is 12.8 Å². The zero-order chi connectivity index (χ0) is 12.8. The number of aromatic nitrogens is 2. The van der Waals surface area contributed by atoms with E-state index in [1.807, 2.05) is 17.5 Å². The van der Waals surface area contributed by atoms with E-state index < -0.39 is 0 Å². The van der Waals surface area contributed by atoms with Gasteiger partial charge in [-0.15, -0.1) is 17.8 Å². The first-order valence-electron chi connectivity index (χ1n) is 5.36. The molecule has 2 aromatic rings. The maximum absolute atomic E-state index is 11.3. The number of hydrogen-bond donors (Lipinski definition) is 1. The average molecular weight is 261 g/mol. The van der Waals surface area contributed by atoms with Crippen LogP contribution in [0.2, 0.25) is 0 Å². The van der Waals surface area contributed by atoms with E-state index in [4.69, 9.17) is 10.9 Å². The number of carbonyl (C=O) groups excluding carboxylic acids is 1. The maximum atomic E-state index is 11.3. The fourth-order valence-corrected chi connectivity index (χ4v) is 1.97. The highest BCUT2D eigenvalue weighted by Gasteiger charge is 2.10. The van der Waals surface area contributed by atoms with Gasteiger partial charge in [0.05, 0.1) is 11.4 Å².